The first kappa shape index (κ1) is 16.8. The van der Waals surface area contributed by atoms with Crippen LogP contribution >= 0.6 is 11.6 Å². The molecule has 0 heterocycles. The van der Waals surface area contributed by atoms with Crippen molar-refractivity contribution < 1.29 is 4.74 Å². The third-order valence-electron chi connectivity index (χ3n) is 3.31. The van der Waals surface area contributed by atoms with E-state index in [1.807, 2.05) is 6.07 Å². The van der Waals surface area contributed by atoms with Crippen LogP contribution in [0.1, 0.15) is 25.5 Å². The van der Waals surface area contributed by atoms with Crippen molar-refractivity contribution in [1.29, 1.82) is 5.26 Å². The molecule has 0 amide bonds. The fourth-order valence-electron chi connectivity index (χ4n) is 2.01. The second-order valence-electron chi connectivity index (χ2n) is 4.44. The second kappa shape index (κ2) is 8.80. The molecule has 0 aliphatic heterocycles. The fourth-order valence-corrected chi connectivity index (χ4v) is 2.27. The number of halogens is 1. The maximum atomic E-state index is 9.28. The van der Waals surface area contributed by atoms with Gasteiger partial charge in [-0.3, -0.25) is 5.32 Å². The molecule has 0 radical (unpaired) electrons. The standard InChI is InChI=1S/C15H22ClN3O/c1-4-19(5-2)9-8-18-14(11-17)12-6-7-15(20-3)13(16)10-12/h6-7,10,14,18H,4-5,8-9H2,1-3H3. The Morgan fingerprint density at radius 2 is 2.10 bits per heavy atom. The van der Waals surface area contributed by atoms with Crippen molar-refractivity contribution in [2.75, 3.05) is 33.3 Å². The lowest BCUT2D eigenvalue weighted by atomic mass is 10.1. The summed E-state index contributed by atoms with van der Waals surface area (Å²) in [6.45, 7) is 8.00. The number of hydrogen-bond donors (Lipinski definition) is 1. The zero-order valence-electron chi connectivity index (χ0n) is 12.3. The smallest absolute Gasteiger partial charge is 0.137 e. The Bertz CT molecular complexity index is 455. The number of benzene rings is 1. The number of nitriles is 1. The summed E-state index contributed by atoms with van der Waals surface area (Å²) in [7, 11) is 1.57. The molecule has 0 saturated heterocycles. The minimum Gasteiger partial charge on any atom is -0.495 e. The predicted octanol–water partition coefficient (Wildman–Crippen LogP) is 2.84. The quantitative estimate of drug-likeness (QED) is 0.801. The van der Waals surface area contributed by atoms with E-state index >= 15 is 0 Å². The zero-order valence-corrected chi connectivity index (χ0v) is 13.1. The highest BCUT2D eigenvalue weighted by Crippen LogP contribution is 2.27. The van der Waals surface area contributed by atoms with Crippen LogP contribution in [0, 0.1) is 11.3 Å². The van der Waals surface area contributed by atoms with Crippen molar-refractivity contribution >= 4 is 11.6 Å². The van der Waals surface area contributed by atoms with Crippen LogP contribution in [-0.2, 0) is 0 Å². The van der Waals surface area contributed by atoms with Gasteiger partial charge in [-0.1, -0.05) is 31.5 Å². The predicted molar refractivity (Wildman–Crippen MR) is 82.1 cm³/mol. The Morgan fingerprint density at radius 1 is 1.40 bits per heavy atom. The Labute approximate surface area is 126 Å². The topological polar surface area (TPSA) is 48.3 Å². The van der Waals surface area contributed by atoms with E-state index in [1.165, 1.54) is 0 Å². The summed E-state index contributed by atoms with van der Waals surface area (Å²) in [4.78, 5) is 2.31. The monoisotopic (exact) mass is 295 g/mol. The number of methoxy groups -OCH3 is 1. The van der Waals surface area contributed by atoms with Crippen molar-refractivity contribution in [3.8, 4) is 11.8 Å². The van der Waals surface area contributed by atoms with Crippen molar-refractivity contribution in [1.82, 2.24) is 10.2 Å². The lowest BCUT2D eigenvalue weighted by Crippen LogP contribution is -2.33. The number of likely N-dealkylation sites (N-methyl/N-ethyl adjacent to an activating group) is 1. The average Bonchev–Trinajstić information content (AvgIpc) is 2.47. The van der Waals surface area contributed by atoms with Crippen molar-refractivity contribution in [3.63, 3.8) is 0 Å². The van der Waals surface area contributed by atoms with Crippen molar-refractivity contribution in [3.05, 3.63) is 28.8 Å². The van der Waals surface area contributed by atoms with Crippen LogP contribution in [0.2, 0.25) is 5.02 Å². The molecule has 110 valence electrons. The summed E-state index contributed by atoms with van der Waals surface area (Å²) < 4.78 is 5.11. The van der Waals surface area contributed by atoms with E-state index in [0.717, 1.165) is 31.7 Å². The SMILES string of the molecule is CCN(CC)CCNC(C#N)c1ccc(OC)c(Cl)c1. The molecule has 0 bridgehead atoms. The van der Waals surface area contributed by atoms with Gasteiger partial charge in [0.25, 0.3) is 0 Å². The molecular weight excluding hydrogens is 274 g/mol. The summed E-state index contributed by atoms with van der Waals surface area (Å²) in [6.07, 6.45) is 0. The van der Waals surface area contributed by atoms with Crippen LogP contribution in [-0.4, -0.2) is 38.2 Å². The zero-order chi connectivity index (χ0) is 15.0. The number of ether oxygens (including phenoxy) is 1. The third-order valence-corrected chi connectivity index (χ3v) is 3.60. The summed E-state index contributed by atoms with van der Waals surface area (Å²) in [5.41, 5.74) is 0.859. The Hall–Kier alpha value is -1.28. The first-order chi connectivity index (χ1) is 9.65. The number of hydrogen-bond acceptors (Lipinski definition) is 4. The van der Waals surface area contributed by atoms with Gasteiger partial charge in [-0.05, 0) is 30.8 Å². The van der Waals surface area contributed by atoms with Crippen molar-refractivity contribution in [2.45, 2.75) is 19.9 Å². The number of nitrogens with zero attached hydrogens (tertiary/aromatic N) is 2. The van der Waals surface area contributed by atoms with Crippen LogP contribution in [0.25, 0.3) is 0 Å². The summed E-state index contributed by atoms with van der Waals surface area (Å²) in [6, 6.07) is 7.34. The van der Waals surface area contributed by atoms with E-state index in [4.69, 9.17) is 16.3 Å². The van der Waals surface area contributed by atoms with E-state index in [-0.39, 0.29) is 6.04 Å². The molecule has 0 aliphatic rings. The third kappa shape index (κ3) is 4.68. The molecule has 1 aromatic carbocycles. The summed E-state index contributed by atoms with van der Waals surface area (Å²) in [5.74, 6) is 0.621. The normalized spacial score (nSPS) is 12.2. The first-order valence-electron chi connectivity index (χ1n) is 6.85. The first-order valence-corrected chi connectivity index (χ1v) is 7.22. The molecular formula is C15H22ClN3O. The van der Waals surface area contributed by atoms with Gasteiger partial charge in [-0.2, -0.15) is 5.26 Å². The van der Waals surface area contributed by atoms with Gasteiger partial charge >= 0.3 is 0 Å². The highest BCUT2D eigenvalue weighted by molar-refractivity contribution is 6.32. The van der Waals surface area contributed by atoms with Crippen LogP contribution in [0.4, 0.5) is 0 Å². The lowest BCUT2D eigenvalue weighted by molar-refractivity contribution is 0.300. The maximum absolute atomic E-state index is 9.28. The molecule has 0 fully saturated rings. The van der Waals surface area contributed by atoms with Gasteiger partial charge in [0.1, 0.15) is 11.8 Å². The summed E-state index contributed by atoms with van der Waals surface area (Å²) in [5, 5.41) is 13.0. The lowest BCUT2D eigenvalue weighted by Gasteiger charge is -2.19. The molecule has 1 rings (SSSR count). The van der Waals surface area contributed by atoms with Gasteiger partial charge in [0.15, 0.2) is 0 Å². The molecule has 1 unspecified atom stereocenters. The fraction of sp³-hybridized carbons (Fsp3) is 0.533. The Kier molecular flexibility index (Phi) is 7.38. The maximum Gasteiger partial charge on any atom is 0.137 e. The molecule has 0 spiro atoms. The van der Waals surface area contributed by atoms with E-state index in [9.17, 15) is 5.26 Å². The largest absolute Gasteiger partial charge is 0.495 e. The molecule has 1 aromatic rings. The second-order valence-corrected chi connectivity index (χ2v) is 4.84. The highest BCUT2D eigenvalue weighted by Gasteiger charge is 2.12. The average molecular weight is 296 g/mol. The number of nitrogens with one attached hydrogen (secondary N) is 1. The molecule has 0 aromatic heterocycles. The highest BCUT2D eigenvalue weighted by atomic mass is 35.5. The van der Waals surface area contributed by atoms with Gasteiger partial charge in [-0.25, -0.2) is 0 Å². The Balaban J connectivity index is 2.63. The molecule has 5 heteroatoms. The van der Waals surface area contributed by atoms with Gasteiger partial charge in [0.2, 0.25) is 0 Å². The molecule has 4 nitrogen and oxygen atoms in total. The number of rotatable bonds is 8. The van der Waals surface area contributed by atoms with Crippen LogP contribution in [0.5, 0.6) is 5.75 Å². The van der Waals surface area contributed by atoms with E-state index < -0.39 is 0 Å². The van der Waals surface area contributed by atoms with E-state index in [1.54, 1.807) is 19.2 Å². The van der Waals surface area contributed by atoms with Gasteiger partial charge < -0.3 is 9.64 Å². The van der Waals surface area contributed by atoms with E-state index in [2.05, 4.69) is 30.1 Å². The molecule has 1 atom stereocenters. The minimum atomic E-state index is -0.353. The summed E-state index contributed by atoms with van der Waals surface area (Å²) >= 11 is 6.09. The molecule has 0 aliphatic carbocycles. The van der Waals surface area contributed by atoms with Gasteiger partial charge in [-0.15, -0.1) is 0 Å². The molecule has 20 heavy (non-hydrogen) atoms. The van der Waals surface area contributed by atoms with Crippen LogP contribution < -0.4 is 10.1 Å². The van der Waals surface area contributed by atoms with Crippen LogP contribution in [0.15, 0.2) is 18.2 Å². The molecule has 0 saturated carbocycles. The van der Waals surface area contributed by atoms with Gasteiger partial charge in [0.05, 0.1) is 18.2 Å². The Morgan fingerprint density at radius 3 is 2.60 bits per heavy atom. The minimum absolute atomic E-state index is 0.353. The van der Waals surface area contributed by atoms with Crippen LogP contribution in [0.3, 0.4) is 0 Å². The van der Waals surface area contributed by atoms with Crippen molar-refractivity contribution in [2.24, 2.45) is 0 Å². The molecule has 1 N–H and O–H groups in total. The van der Waals surface area contributed by atoms with Gasteiger partial charge in [0, 0.05) is 13.1 Å². The van der Waals surface area contributed by atoms with E-state index in [0.29, 0.717) is 10.8 Å².